The van der Waals surface area contributed by atoms with Crippen LogP contribution < -0.4 is 0 Å². The molecule has 1 N–H and O–H groups in total. The molecule has 0 saturated heterocycles. The van der Waals surface area contributed by atoms with Crippen LogP contribution in [0.25, 0.3) is 0 Å². The Bertz CT molecular complexity index is 809. The molecule has 3 heteroatoms. The third kappa shape index (κ3) is 6.06. The van der Waals surface area contributed by atoms with Crippen molar-refractivity contribution in [3.05, 3.63) is 18.0 Å². The van der Waals surface area contributed by atoms with Gasteiger partial charge in [0, 0.05) is 6.20 Å². The van der Waals surface area contributed by atoms with Crippen LogP contribution in [0.15, 0.2) is 12.4 Å². The van der Waals surface area contributed by atoms with E-state index in [0.29, 0.717) is 17.9 Å². The molecule has 1 heterocycles. The van der Waals surface area contributed by atoms with Crippen LogP contribution in [0.5, 0.6) is 0 Å². The molecular weight excluding hydrogens is 440 g/mol. The van der Waals surface area contributed by atoms with E-state index < -0.39 is 0 Å². The number of aromatic nitrogens is 2. The summed E-state index contributed by atoms with van der Waals surface area (Å²) >= 11 is 0. The number of nitrogens with zero attached hydrogens (tertiary/aromatic N) is 2. The van der Waals surface area contributed by atoms with E-state index in [2.05, 4.69) is 38.7 Å². The number of aliphatic hydroxyl groups excluding tert-OH is 1. The van der Waals surface area contributed by atoms with Gasteiger partial charge in [-0.3, -0.25) is 4.68 Å². The SMILES string of the molecule is C#Cc1cnn(CC(O)C2CCC3C4CCC(CCCC)C(C)(CCC)C4CCC23C)c1.CC.CC. The van der Waals surface area contributed by atoms with Crippen molar-refractivity contribution in [1.82, 2.24) is 9.78 Å². The maximum absolute atomic E-state index is 11.3. The number of hydrogen-bond acceptors (Lipinski definition) is 2. The monoisotopic (exact) mass is 498 g/mol. The molecular formula is C33H58N2O. The number of terminal acetylenes is 1. The van der Waals surface area contributed by atoms with Crippen LogP contribution in [-0.2, 0) is 6.54 Å². The van der Waals surface area contributed by atoms with Crippen LogP contribution in [0.4, 0.5) is 0 Å². The zero-order chi connectivity index (χ0) is 26.9. The van der Waals surface area contributed by atoms with E-state index in [4.69, 9.17) is 6.42 Å². The second-order valence-corrected chi connectivity index (χ2v) is 11.9. The smallest absolute Gasteiger partial charge is 0.0769 e. The zero-order valence-electron chi connectivity index (χ0n) is 25.0. The fraction of sp³-hybridized carbons (Fsp3) is 0.848. The van der Waals surface area contributed by atoms with Crippen LogP contribution >= 0.6 is 0 Å². The average molecular weight is 499 g/mol. The number of aliphatic hydroxyl groups is 1. The molecule has 0 spiro atoms. The van der Waals surface area contributed by atoms with Crippen LogP contribution in [0.3, 0.4) is 0 Å². The fourth-order valence-electron chi connectivity index (χ4n) is 8.92. The largest absolute Gasteiger partial charge is 0.391 e. The maximum atomic E-state index is 11.3. The Labute approximate surface area is 224 Å². The van der Waals surface area contributed by atoms with Gasteiger partial charge in [0.2, 0.25) is 0 Å². The Morgan fingerprint density at radius 3 is 2.39 bits per heavy atom. The summed E-state index contributed by atoms with van der Waals surface area (Å²) in [5.74, 6) is 6.46. The molecule has 0 amide bonds. The van der Waals surface area contributed by atoms with Crippen molar-refractivity contribution in [2.75, 3.05) is 0 Å². The maximum Gasteiger partial charge on any atom is 0.0769 e. The molecule has 8 unspecified atom stereocenters. The van der Waals surface area contributed by atoms with E-state index in [0.717, 1.165) is 29.2 Å². The molecule has 206 valence electrons. The van der Waals surface area contributed by atoms with Crippen molar-refractivity contribution in [1.29, 1.82) is 0 Å². The fourth-order valence-corrected chi connectivity index (χ4v) is 8.92. The molecule has 3 aliphatic carbocycles. The van der Waals surface area contributed by atoms with Crippen molar-refractivity contribution in [3.8, 4) is 12.3 Å². The highest BCUT2D eigenvalue weighted by Crippen LogP contribution is 2.67. The van der Waals surface area contributed by atoms with Gasteiger partial charge in [-0.2, -0.15) is 5.10 Å². The minimum absolute atomic E-state index is 0.270. The highest BCUT2D eigenvalue weighted by molar-refractivity contribution is 5.26. The molecule has 3 saturated carbocycles. The van der Waals surface area contributed by atoms with Gasteiger partial charge in [0.25, 0.3) is 0 Å². The van der Waals surface area contributed by atoms with Crippen molar-refractivity contribution < 1.29 is 5.11 Å². The van der Waals surface area contributed by atoms with Crippen LogP contribution in [-0.4, -0.2) is 21.0 Å². The number of unbranched alkanes of at least 4 members (excludes halogenated alkanes) is 1. The van der Waals surface area contributed by atoms with Crippen molar-refractivity contribution in [2.24, 2.45) is 40.4 Å². The first kappa shape index (κ1) is 31.0. The predicted octanol–water partition coefficient (Wildman–Crippen LogP) is 8.74. The lowest BCUT2D eigenvalue weighted by Crippen LogP contribution is -2.53. The average Bonchev–Trinajstić information content (AvgIpc) is 3.49. The molecule has 0 aliphatic heterocycles. The minimum atomic E-state index is -0.338. The summed E-state index contributed by atoms with van der Waals surface area (Å²) < 4.78 is 1.85. The molecule has 3 nitrogen and oxygen atoms in total. The zero-order valence-corrected chi connectivity index (χ0v) is 25.0. The molecule has 0 aromatic carbocycles. The Kier molecular flexibility index (Phi) is 12.1. The molecule has 8 atom stereocenters. The van der Waals surface area contributed by atoms with Gasteiger partial charge in [0.1, 0.15) is 0 Å². The molecule has 4 rings (SSSR count). The van der Waals surface area contributed by atoms with Gasteiger partial charge in [-0.15, -0.1) is 6.42 Å². The number of fused-ring (bicyclic) bond motifs is 3. The Morgan fingerprint density at radius 1 is 1.06 bits per heavy atom. The van der Waals surface area contributed by atoms with Gasteiger partial charge in [-0.25, -0.2) is 0 Å². The molecule has 36 heavy (non-hydrogen) atoms. The molecule has 1 aromatic rings. The van der Waals surface area contributed by atoms with Crippen molar-refractivity contribution in [3.63, 3.8) is 0 Å². The topological polar surface area (TPSA) is 38.0 Å². The van der Waals surface area contributed by atoms with E-state index in [9.17, 15) is 5.11 Å². The van der Waals surface area contributed by atoms with Gasteiger partial charge in [0.05, 0.1) is 24.4 Å². The highest BCUT2D eigenvalue weighted by atomic mass is 16.3. The highest BCUT2D eigenvalue weighted by Gasteiger charge is 2.60. The van der Waals surface area contributed by atoms with E-state index in [-0.39, 0.29) is 11.5 Å². The van der Waals surface area contributed by atoms with Gasteiger partial charge in [-0.1, -0.05) is 80.6 Å². The lowest BCUT2D eigenvalue weighted by atomic mass is 9.45. The van der Waals surface area contributed by atoms with E-state index in [1.807, 2.05) is 38.6 Å². The van der Waals surface area contributed by atoms with Crippen LogP contribution in [0.1, 0.15) is 132 Å². The summed E-state index contributed by atoms with van der Waals surface area (Å²) in [7, 11) is 0. The first-order chi connectivity index (χ1) is 17.4. The minimum Gasteiger partial charge on any atom is -0.391 e. The first-order valence-electron chi connectivity index (χ1n) is 15.5. The van der Waals surface area contributed by atoms with E-state index >= 15 is 0 Å². The Balaban J connectivity index is 0.00000109. The summed E-state index contributed by atoms with van der Waals surface area (Å²) in [4.78, 5) is 0. The summed E-state index contributed by atoms with van der Waals surface area (Å²) in [6.07, 6.45) is 23.6. The third-order valence-corrected chi connectivity index (χ3v) is 10.5. The van der Waals surface area contributed by atoms with E-state index in [1.165, 1.54) is 70.6 Å². The molecule has 3 fully saturated rings. The second kappa shape index (κ2) is 14.0. The normalized spacial score (nSPS) is 35.7. The molecule has 1 aromatic heterocycles. The van der Waals surface area contributed by atoms with E-state index in [1.54, 1.807) is 6.20 Å². The van der Waals surface area contributed by atoms with Crippen LogP contribution in [0.2, 0.25) is 0 Å². The van der Waals surface area contributed by atoms with Crippen molar-refractivity contribution >= 4 is 0 Å². The third-order valence-electron chi connectivity index (χ3n) is 10.5. The summed E-state index contributed by atoms with van der Waals surface area (Å²) in [6.45, 7) is 18.5. The lowest BCUT2D eigenvalue weighted by Gasteiger charge is -2.59. The van der Waals surface area contributed by atoms with Crippen LogP contribution in [0, 0.1) is 52.8 Å². The molecule has 0 bridgehead atoms. The quantitative estimate of drug-likeness (QED) is 0.364. The lowest BCUT2D eigenvalue weighted by molar-refractivity contribution is -0.113. The summed E-state index contributed by atoms with van der Waals surface area (Å²) in [5.41, 5.74) is 1.58. The standard InChI is InChI=1S/C29H46N2O.2C2H6/c1-6-9-10-22-11-12-23-24-13-14-26(27(32)20-31-19-21(8-3)18-30-31)29(24,5)17-15-25(23)28(22,4)16-7-2;2*1-2/h3,18-19,22-27,32H,6-7,9-17,20H2,1-2,4-5H3;2*1-2H3. The first-order valence-corrected chi connectivity index (χ1v) is 15.5. The van der Waals surface area contributed by atoms with Gasteiger partial charge in [0.15, 0.2) is 0 Å². The predicted molar refractivity (Wildman–Crippen MR) is 155 cm³/mol. The number of hydrogen-bond donors (Lipinski definition) is 1. The second-order valence-electron chi connectivity index (χ2n) is 11.9. The Morgan fingerprint density at radius 2 is 1.78 bits per heavy atom. The molecule has 0 radical (unpaired) electrons. The molecule has 3 aliphatic rings. The number of rotatable bonds is 8. The van der Waals surface area contributed by atoms with Gasteiger partial charge in [-0.05, 0) is 91.8 Å². The Hall–Kier alpha value is -1.27. The van der Waals surface area contributed by atoms with Gasteiger partial charge >= 0.3 is 0 Å². The summed E-state index contributed by atoms with van der Waals surface area (Å²) in [6, 6.07) is 0. The van der Waals surface area contributed by atoms with Gasteiger partial charge < -0.3 is 5.11 Å². The van der Waals surface area contributed by atoms with Crippen molar-refractivity contribution in [2.45, 2.75) is 139 Å². The summed E-state index contributed by atoms with van der Waals surface area (Å²) in [5, 5.41) is 15.7.